The topological polar surface area (TPSA) is 47.6 Å². The zero-order chi connectivity index (χ0) is 17.6. The molecule has 4 nitrogen and oxygen atoms in total. The van der Waals surface area contributed by atoms with E-state index in [2.05, 4.69) is 18.1 Å². The molecule has 0 saturated carbocycles. The van der Waals surface area contributed by atoms with Crippen LogP contribution in [0, 0.1) is 13.8 Å². The molecule has 0 saturated heterocycles. The van der Waals surface area contributed by atoms with Gasteiger partial charge in [-0.15, -0.1) is 0 Å². The zero-order valence-electron chi connectivity index (χ0n) is 14.8. The van der Waals surface area contributed by atoms with Crippen molar-refractivity contribution >= 4 is 13.2 Å². The van der Waals surface area contributed by atoms with E-state index >= 15 is 0 Å². The number of anilines is 1. The fourth-order valence-electron chi connectivity index (χ4n) is 2.40. The van der Waals surface area contributed by atoms with E-state index in [1.54, 1.807) is 6.66 Å². The predicted molar refractivity (Wildman–Crippen MR) is 101 cm³/mol. The minimum atomic E-state index is -3.01. The first-order chi connectivity index (χ1) is 11.4. The van der Waals surface area contributed by atoms with Crippen molar-refractivity contribution in [2.45, 2.75) is 33.6 Å². The molecule has 1 N–H and O–H groups in total. The molecule has 5 heteroatoms. The molecule has 0 radical (unpaired) electrons. The van der Waals surface area contributed by atoms with E-state index in [1.807, 2.05) is 50.2 Å². The highest BCUT2D eigenvalue weighted by Crippen LogP contribution is 2.43. The van der Waals surface area contributed by atoms with Gasteiger partial charge in [0.15, 0.2) is 0 Å². The molecule has 1 atom stereocenters. The molecule has 2 aromatic rings. The van der Waals surface area contributed by atoms with E-state index < -0.39 is 7.52 Å². The Morgan fingerprint density at radius 1 is 1.00 bits per heavy atom. The molecule has 0 aliphatic rings. The smallest absolute Gasteiger partial charge is 0.338 e. The van der Waals surface area contributed by atoms with Gasteiger partial charge >= 0.3 is 7.52 Å². The number of hydrogen-bond acceptors (Lipinski definition) is 3. The Morgan fingerprint density at radius 3 is 2.21 bits per heavy atom. The van der Waals surface area contributed by atoms with Crippen LogP contribution in [0.2, 0.25) is 0 Å². The number of hydrogen-bond donors (Lipinski definition) is 1. The Bertz CT molecular complexity index is 693. The minimum Gasteiger partial charge on any atom is -0.494 e. The van der Waals surface area contributed by atoms with E-state index in [4.69, 9.17) is 9.26 Å². The monoisotopic (exact) mass is 347 g/mol. The second-order valence-electron chi connectivity index (χ2n) is 6.10. The Hall–Kier alpha value is -1.93. The largest absolute Gasteiger partial charge is 0.494 e. The highest BCUT2D eigenvalue weighted by atomic mass is 31.2. The van der Waals surface area contributed by atoms with E-state index in [1.165, 1.54) is 0 Å². The van der Waals surface area contributed by atoms with Gasteiger partial charge in [0, 0.05) is 12.4 Å². The molecule has 0 aromatic heterocycles. The summed E-state index contributed by atoms with van der Waals surface area (Å²) in [5, 5.41) is 2.98. The molecule has 0 amide bonds. The van der Waals surface area contributed by atoms with Crippen LogP contribution in [-0.4, -0.2) is 13.3 Å². The van der Waals surface area contributed by atoms with Crippen molar-refractivity contribution < 1.29 is 13.8 Å². The van der Waals surface area contributed by atoms with E-state index in [0.717, 1.165) is 35.4 Å². The number of ether oxygens (including phenoxy) is 1. The quantitative estimate of drug-likeness (QED) is 0.484. The fourth-order valence-corrected chi connectivity index (χ4v) is 3.58. The lowest BCUT2D eigenvalue weighted by atomic mass is 10.1. The summed E-state index contributed by atoms with van der Waals surface area (Å²) in [6, 6.07) is 13.3. The Morgan fingerprint density at radius 2 is 1.62 bits per heavy atom. The molecular weight excluding hydrogens is 321 g/mol. The highest BCUT2D eigenvalue weighted by molar-refractivity contribution is 7.60. The third-order valence-electron chi connectivity index (χ3n) is 3.43. The molecule has 2 aromatic carbocycles. The molecule has 0 aliphatic carbocycles. The van der Waals surface area contributed by atoms with Crippen LogP contribution < -0.4 is 14.3 Å². The Labute approximate surface area is 144 Å². The summed E-state index contributed by atoms with van der Waals surface area (Å²) in [7, 11) is -3.01. The maximum absolute atomic E-state index is 12.7. The summed E-state index contributed by atoms with van der Waals surface area (Å²) in [5.74, 6) is 1.43. The number of rotatable bonds is 8. The molecule has 1 unspecified atom stereocenters. The maximum Gasteiger partial charge on any atom is 0.338 e. The molecule has 0 bridgehead atoms. The first-order valence-electron chi connectivity index (χ1n) is 8.24. The molecular formula is C19H26NO3P. The molecule has 0 aliphatic heterocycles. The number of unbranched alkanes of at least 4 members (excludes halogenated alkanes) is 1. The number of benzene rings is 2. The maximum atomic E-state index is 12.7. The third kappa shape index (κ3) is 5.93. The van der Waals surface area contributed by atoms with Gasteiger partial charge in [-0.3, -0.25) is 4.57 Å². The van der Waals surface area contributed by atoms with Crippen molar-refractivity contribution in [2.24, 2.45) is 0 Å². The summed E-state index contributed by atoms with van der Waals surface area (Å²) in [6.07, 6.45) is 2.14. The summed E-state index contributed by atoms with van der Waals surface area (Å²) in [4.78, 5) is 0. The normalized spacial score (nSPS) is 13.2. The summed E-state index contributed by atoms with van der Waals surface area (Å²) < 4.78 is 24.0. The lowest BCUT2D eigenvalue weighted by Crippen LogP contribution is -2.03. The van der Waals surface area contributed by atoms with Crippen LogP contribution in [0.15, 0.2) is 42.5 Å². The molecule has 130 valence electrons. The van der Waals surface area contributed by atoms with Gasteiger partial charge in [0.1, 0.15) is 11.5 Å². The summed E-state index contributed by atoms with van der Waals surface area (Å²) in [6.45, 7) is 8.41. The van der Waals surface area contributed by atoms with Crippen LogP contribution in [0.25, 0.3) is 0 Å². The van der Waals surface area contributed by atoms with Crippen LogP contribution in [0.4, 0.5) is 5.69 Å². The Balaban J connectivity index is 1.99. The van der Waals surface area contributed by atoms with Crippen molar-refractivity contribution in [3.8, 4) is 11.5 Å². The van der Waals surface area contributed by atoms with Crippen LogP contribution in [-0.2, 0) is 4.57 Å². The van der Waals surface area contributed by atoms with Gasteiger partial charge in [0.05, 0.1) is 6.61 Å². The highest BCUT2D eigenvalue weighted by Gasteiger charge is 2.17. The van der Waals surface area contributed by atoms with Gasteiger partial charge in [-0.1, -0.05) is 19.4 Å². The van der Waals surface area contributed by atoms with Gasteiger partial charge < -0.3 is 14.3 Å². The van der Waals surface area contributed by atoms with E-state index in [9.17, 15) is 4.57 Å². The first-order valence-corrected chi connectivity index (χ1v) is 10.3. The molecule has 2 rings (SSSR count). The van der Waals surface area contributed by atoms with Crippen LogP contribution in [0.5, 0.6) is 11.5 Å². The van der Waals surface area contributed by atoms with E-state index in [-0.39, 0.29) is 0 Å². The third-order valence-corrected chi connectivity index (χ3v) is 4.65. The number of nitrogens with one attached hydrogen (secondary N) is 1. The molecule has 0 fully saturated rings. The second kappa shape index (κ2) is 8.25. The van der Waals surface area contributed by atoms with Gasteiger partial charge in [-0.25, -0.2) is 0 Å². The van der Waals surface area contributed by atoms with E-state index in [0.29, 0.717) is 12.4 Å². The predicted octanol–water partition coefficient (Wildman–Crippen LogP) is 5.80. The lowest BCUT2D eigenvalue weighted by molar-refractivity contribution is 0.309. The van der Waals surface area contributed by atoms with Crippen LogP contribution in [0.3, 0.4) is 0 Å². The van der Waals surface area contributed by atoms with Gasteiger partial charge in [0.2, 0.25) is 0 Å². The summed E-state index contributed by atoms with van der Waals surface area (Å²) >= 11 is 0. The average Bonchev–Trinajstić information content (AvgIpc) is 2.47. The lowest BCUT2D eigenvalue weighted by Gasteiger charge is -2.18. The van der Waals surface area contributed by atoms with Crippen molar-refractivity contribution in [1.82, 2.24) is 0 Å². The van der Waals surface area contributed by atoms with Crippen molar-refractivity contribution in [1.29, 1.82) is 0 Å². The van der Waals surface area contributed by atoms with Gasteiger partial charge in [-0.2, -0.15) is 0 Å². The first kappa shape index (κ1) is 18.4. The van der Waals surface area contributed by atoms with Gasteiger partial charge in [-0.05, 0) is 67.8 Å². The second-order valence-corrected chi connectivity index (χ2v) is 8.20. The van der Waals surface area contributed by atoms with Crippen LogP contribution >= 0.6 is 7.52 Å². The van der Waals surface area contributed by atoms with Crippen molar-refractivity contribution in [3.63, 3.8) is 0 Å². The van der Waals surface area contributed by atoms with Gasteiger partial charge in [0.25, 0.3) is 0 Å². The zero-order valence-corrected chi connectivity index (χ0v) is 15.7. The minimum absolute atomic E-state index is 0.616. The fraction of sp³-hybridized carbons (Fsp3) is 0.368. The van der Waals surface area contributed by atoms with Crippen LogP contribution in [0.1, 0.15) is 30.9 Å². The molecule has 0 spiro atoms. The van der Waals surface area contributed by atoms with Crippen molar-refractivity contribution in [2.75, 3.05) is 18.4 Å². The molecule has 24 heavy (non-hydrogen) atoms. The number of aryl methyl sites for hydroxylation is 2. The molecule has 0 heterocycles. The summed E-state index contributed by atoms with van der Waals surface area (Å²) in [5.41, 5.74) is 2.91. The SMILES string of the molecule is CCCCOc1ccc(NP(C)(=O)Oc2cc(C)cc(C)c2)cc1. The standard InChI is InChI=1S/C19H26NO3P/c1-5-6-11-22-18-9-7-17(8-10-18)20-24(4,21)23-19-13-15(2)12-16(3)14-19/h7-10,12-14H,5-6,11H2,1-4H3,(H,20,21). The van der Waals surface area contributed by atoms with Crippen molar-refractivity contribution in [3.05, 3.63) is 53.6 Å². The average molecular weight is 347 g/mol. The Kier molecular flexibility index (Phi) is 6.33.